The van der Waals surface area contributed by atoms with Crippen molar-refractivity contribution >= 4 is 39.1 Å². The zero-order chi connectivity index (χ0) is 17.4. The summed E-state index contributed by atoms with van der Waals surface area (Å²) in [5.74, 6) is -1.69. The third-order valence-electron chi connectivity index (χ3n) is 3.39. The number of hydrogen-bond donors (Lipinski definition) is 0. The smallest absolute Gasteiger partial charge is 0.209 e. The first-order chi connectivity index (χ1) is 11.4. The molecule has 0 bridgehead atoms. The van der Waals surface area contributed by atoms with Gasteiger partial charge < -0.3 is 4.74 Å². The molecule has 0 unspecified atom stereocenters. The molecule has 1 aromatic heterocycles. The van der Waals surface area contributed by atoms with Crippen LogP contribution < -0.4 is 4.74 Å². The molecule has 2 aromatic carbocycles. The van der Waals surface area contributed by atoms with Crippen LogP contribution in [0.2, 0.25) is 10.3 Å². The van der Waals surface area contributed by atoms with E-state index in [2.05, 4.69) is 20.9 Å². The van der Waals surface area contributed by atoms with Crippen LogP contribution >= 0.6 is 39.1 Å². The SMILES string of the molecule is COc1ccc(F)c(-c2c(Br)nc(Cl)n2-c2ccc(Cl)cc2)c1F. The number of imidazole rings is 1. The van der Waals surface area contributed by atoms with Crippen molar-refractivity contribution in [2.45, 2.75) is 0 Å². The molecule has 0 atom stereocenters. The predicted molar refractivity (Wildman–Crippen MR) is 93.2 cm³/mol. The van der Waals surface area contributed by atoms with Gasteiger partial charge in [-0.2, -0.15) is 0 Å². The number of halogens is 5. The zero-order valence-electron chi connectivity index (χ0n) is 12.2. The van der Waals surface area contributed by atoms with Crippen LogP contribution in [0.5, 0.6) is 5.75 Å². The van der Waals surface area contributed by atoms with Crippen molar-refractivity contribution in [3.63, 3.8) is 0 Å². The number of rotatable bonds is 3. The Balaban J connectivity index is 2.33. The highest BCUT2D eigenvalue weighted by Gasteiger charge is 2.25. The molecule has 0 saturated heterocycles. The number of aromatic nitrogens is 2. The van der Waals surface area contributed by atoms with E-state index in [0.29, 0.717) is 10.7 Å². The van der Waals surface area contributed by atoms with Crippen LogP contribution in [0.3, 0.4) is 0 Å². The number of methoxy groups -OCH3 is 1. The summed E-state index contributed by atoms with van der Waals surface area (Å²) in [5, 5.41) is 0.565. The third-order valence-corrected chi connectivity index (χ3v) is 4.45. The van der Waals surface area contributed by atoms with Gasteiger partial charge in [0.15, 0.2) is 11.6 Å². The van der Waals surface area contributed by atoms with Gasteiger partial charge in [-0.25, -0.2) is 13.8 Å². The molecule has 0 radical (unpaired) electrons. The Morgan fingerprint density at radius 3 is 2.38 bits per heavy atom. The molecule has 1 heterocycles. The van der Waals surface area contributed by atoms with Crippen molar-refractivity contribution in [3.05, 3.63) is 62.9 Å². The van der Waals surface area contributed by atoms with Crippen molar-refractivity contribution in [1.82, 2.24) is 9.55 Å². The zero-order valence-corrected chi connectivity index (χ0v) is 15.3. The van der Waals surface area contributed by atoms with Gasteiger partial charge in [-0.15, -0.1) is 0 Å². The van der Waals surface area contributed by atoms with Crippen molar-refractivity contribution < 1.29 is 13.5 Å². The topological polar surface area (TPSA) is 27.1 Å². The van der Waals surface area contributed by atoms with Gasteiger partial charge >= 0.3 is 0 Å². The lowest BCUT2D eigenvalue weighted by molar-refractivity contribution is 0.385. The molecule has 124 valence electrons. The fraction of sp³-hybridized carbons (Fsp3) is 0.0625. The summed E-state index contributed by atoms with van der Waals surface area (Å²) >= 11 is 15.3. The van der Waals surface area contributed by atoms with Crippen molar-refractivity contribution in [2.24, 2.45) is 0 Å². The largest absolute Gasteiger partial charge is 0.494 e. The molecule has 0 aliphatic heterocycles. The van der Waals surface area contributed by atoms with Crippen LogP contribution in [-0.2, 0) is 0 Å². The Morgan fingerprint density at radius 1 is 1.08 bits per heavy atom. The summed E-state index contributed by atoms with van der Waals surface area (Å²) in [5.41, 5.74) is 0.394. The summed E-state index contributed by atoms with van der Waals surface area (Å²) in [6, 6.07) is 8.96. The Morgan fingerprint density at radius 2 is 1.75 bits per heavy atom. The summed E-state index contributed by atoms with van der Waals surface area (Å²) in [6.45, 7) is 0. The molecular formula is C16H9BrCl2F2N2O. The normalized spacial score (nSPS) is 10.9. The first-order valence-electron chi connectivity index (χ1n) is 6.66. The predicted octanol–water partition coefficient (Wildman–Crippen LogP) is 5.90. The lowest BCUT2D eigenvalue weighted by Gasteiger charge is -2.13. The van der Waals surface area contributed by atoms with Crippen LogP contribution in [0, 0.1) is 11.6 Å². The minimum absolute atomic E-state index is 0.0424. The molecule has 0 N–H and O–H groups in total. The van der Waals surface area contributed by atoms with E-state index in [4.69, 9.17) is 27.9 Å². The van der Waals surface area contributed by atoms with Gasteiger partial charge in [0.05, 0.1) is 18.4 Å². The molecule has 0 amide bonds. The van der Waals surface area contributed by atoms with Crippen molar-refractivity contribution in [2.75, 3.05) is 7.11 Å². The minimum Gasteiger partial charge on any atom is -0.494 e. The van der Waals surface area contributed by atoms with E-state index in [9.17, 15) is 8.78 Å². The van der Waals surface area contributed by atoms with E-state index in [-0.39, 0.29) is 26.9 Å². The molecule has 3 aromatic rings. The molecule has 0 spiro atoms. The fourth-order valence-electron chi connectivity index (χ4n) is 2.32. The maximum Gasteiger partial charge on any atom is 0.209 e. The van der Waals surface area contributed by atoms with Crippen LogP contribution in [-0.4, -0.2) is 16.7 Å². The molecule has 0 saturated carbocycles. The summed E-state index contributed by atoms with van der Waals surface area (Å²) in [7, 11) is 1.30. The van der Waals surface area contributed by atoms with E-state index < -0.39 is 11.6 Å². The fourth-order valence-corrected chi connectivity index (χ4v) is 3.36. The Labute approximate surface area is 154 Å². The molecule has 0 aliphatic rings. The quantitative estimate of drug-likeness (QED) is 0.514. The Hall–Kier alpha value is -1.63. The monoisotopic (exact) mass is 432 g/mol. The highest BCUT2D eigenvalue weighted by Crippen LogP contribution is 2.39. The number of nitrogens with zero attached hydrogens (tertiary/aromatic N) is 2. The van der Waals surface area contributed by atoms with E-state index in [1.807, 2.05) is 0 Å². The lowest BCUT2D eigenvalue weighted by Crippen LogP contribution is -2.02. The second-order valence-corrected chi connectivity index (χ2v) is 6.30. The molecule has 24 heavy (non-hydrogen) atoms. The van der Waals surface area contributed by atoms with E-state index in [1.165, 1.54) is 17.7 Å². The van der Waals surface area contributed by atoms with Crippen molar-refractivity contribution in [1.29, 1.82) is 0 Å². The van der Waals surface area contributed by atoms with Gasteiger partial charge in [-0.05, 0) is 63.9 Å². The molecule has 8 heteroatoms. The lowest BCUT2D eigenvalue weighted by atomic mass is 10.1. The second kappa shape index (κ2) is 6.70. The second-order valence-electron chi connectivity index (χ2n) is 4.77. The van der Waals surface area contributed by atoms with Crippen LogP contribution in [0.4, 0.5) is 8.78 Å². The van der Waals surface area contributed by atoms with Crippen LogP contribution in [0.25, 0.3) is 16.9 Å². The summed E-state index contributed by atoms with van der Waals surface area (Å²) < 4.78 is 35.6. The third kappa shape index (κ3) is 2.90. The maximum absolute atomic E-state index is 14.7. The number of benzene rings is 2. The summed E-state index contributed by atoms with van der Waals surface area (Å²) in [6.07, 6.45) is 0. The molecule has 0 aliphatic carbocycles. The molecule has 0 fully saturated rings. The van der Waals surface area contributed by atoms with E-state index in [1.54, 1.807) is 24.3 Å². The van der Waals surface area contributed by atoms with Crippen molar-refractivity contribution in [3.8, 4) is 22.7 Å². The summed E-state index contributed by atoms with van der Waals surface area (Å²) in [4.78, 5) is 4.06. The average molecular weight is 434 g/mol. The number of hydrogen-bond acceptors (Lipinski definition) is 2. The first kappa shape index (κ1) is 17.2. The van der Waals surface area contributed by atoms with Gasteiger partial charge in [-0.1, -0.05) is 11.6 Å². The van der Waals surface area contributed by atoms with Gasteiger partial charge in [0.2, 0.25) is 5.28 Å². The van der Waals surface area contributed by atoms with E-state index >= 15 is 0 Å². The molecule has 3 nitrogen and oxygen atoms in total. The van der Waals surface area contributed by atoms with Gasteiger partial charge in [0.25, 0.3) is 0 Å². The minimum atomic E-state index is -0.843. The van der Waals surface area contributed by atoms with Gasteiger partial charge in [-0.3, -0.25) is 4.57 Å². The average Bonchev–Trinajstić information content (AvgIpc) is 2.83. The Bertz CT molecular complexity index is 913. The van der Waals surface area contributed by atoms with Crippen LogP contribution in [0.1, 0.15) is 0 Å². The van der Waals surface area contributed by atoms with E-state index in [0.717, 1.165) is 6.07 Å². The standard InChI is InChI=1S/C16H9BrCl2F2N2O/c1-24-11-7-6-10(20)12(13(11)21)14-15(17)22-16(19)23(14)9-4-2-8(18)3-5-9/h2-7H,1H3. The first-order valence-corrected chi connectivity index (χ1v) is 8.21. The molecule has 3 rings (SSSR count). The molecular weight excluding hydrogens is 425 g/mol. The Kier molecular flexibility index (Phi) is 4.80. The van der Waals surface area contributed by atoms with Crippen LogP contribution in [0.15, 0.2) is 41.0 Å². The van der Waals surface area contributed by atoms with Gasteiger partial charge in [0, 0.05) is 10.7 Å². The highest BCUT2D eigenvalue weighted by molar-refractivity contribution is 9.10. The van der Waals surface area contributed by atoms with Gasteiger partial charge in [0.1, 0.15) is 10.4 Å². The highest BCUT2D eigenvalue weighted by atomic mass is 79.9. The number of ether oxygens (including phenoxy) is 1. The maximum atomic E-state index is 14.7.